The third-order valence-corrected chi connectivity index (χ3v) is 4.01. The van der Waals surface area contributed by atoms with Gasteiger partial charge < -0.3 is 9.63 Å². The molecule has 0 saturated carbocycles. The average Bonchev–Trinajstić information content (AvgIpc) is 2.80. The first kappa shape index (κ1) is 13.1. The third kappa shape index (κ3) is 2.58. The van der Waals surface area contributed by atoms with Crippen molar-refractivity contribution >= 4 is 21.7 Å². The van der Waals surface area contributed by atoms with Crippen molar-refractivity contribution in [3.8, 4) is 0 Å². The number of hydrogen-bond donors (Lipinski definition) is 2. The molecule has 1 aromatic carbocycles. The summed E-state index contributed by atoms with van der Waals surface area (Å²) in [5.41, 5.74) is 0.271. The summed E-state index contributed by atoms with van der Waals surface area (Å²) in [6, 6.07) is 4.05. The van der Waals surface area contributed by atoms with Gasteiger partial charge in [0, 0.05) is 0 Å². The first-order valence-corrected chi connectivity index (χ1v) is 6.65. The molecular formula is C11H10N2O5S. The van der Waals surface area contributed by atoms with Crippen LogP contribution in [0.1, 0.15) is 15.9 Å². The minimum atomic E-state index is -3.88. The van der Waals surface area contributed by atoms with Crippen molar-refractivity contribution < 1.29 is 22.8 Å². The van der Waals surface area contributed by atoms with Gasteiger partial charge in [0.2, 0.25) is 0 Å². The van der Waals surface area contributed by atoms with E-state index >= 15 is 0 Å². The molecule has 1 heterocycles. The minimum absolute atomic E-state index is 0.0619. The van der Waals surface area contributed by atoms with Crippen molar-refractivity contribution in [3.63, 3.8) is 0 Å². The summed E-state index contributed by atoms with van der Waals surface area (Å²) in [6.07, 6.45) is 2.34. The molecule has 2 rings (SSSR count). The number of rotatable bonds is 4. The van der Waals surface area contributed by atoms with E-state index in [1.165, 1.54) is 31.3 Å². The number of carboxylic acids is 1. The molecule has 0 fully saturated rings. The topological polar surface area (TPSA) is 110 Å². The number of nitrogens with zero attached hydrogens (tertiary/aromatic N) is 1. The highest BCUT2D eigenvalue weighted by Gasteiger charge is 2.21. The lowest BCUT2D eigenvalue weighted by Gasteiger charge is -2.10. The lowest BCUT2D eigenvalue weighted by atomic mass is 10.1. The van der Waals surface area contributed by atoms with Crippen molar-refractivity contribution in [3.05, 3.63) is 41.8 Å². The molecule has 100 valence electrons. The van der Waals surface area contributed by atoms with Gasteiger partial charge in [-0.1, -0.05) is 11.2 Å². The molecule has 19 heavy (non-hydrogen) atoms. The van der Waals surface area contributed by atoms with E-state index in [0.717, 1.165) is 6.26 Å². The van der Waals surface area contributed by atoms with Crippen LogP contribution in [0.4, 0.5) is 5.69 Å². The Bertz CT molecular complexity index is 707. The number of anilines is 1. The number of hydrogen-bond acceptors (Lipinski definition) is 5. The van der Waals surface area contributed by atoms with E-state index in [4.69, 9.17) is 5.11 Å². The zero-order chi connectivity index (χ0) is 14.0. The van der Waals surface area contributed by atoms with Gasteiger partial charge in [-0.3, -0.25) is 4.72 Å². The van der Waals surface area contributed by atoms with E-state index < -0.39 is 16.0 Å². The Labute approximate surface area is 108 Å². The van der Waals surface area contributed by atoms with Crippen LogP contribution in [0.15, 0.2) is 40.1 Å². The van der Waals surface area contributed by atoms with Crippen molar-refractivity contribution in [2.45, 2.75) is 11.8 Å². The lowest BCUT2D eigenvalue weighted by molar-refractivity contribution is 0.0696. The van der Waals surface area contributed by atoms with E-state index in [9.17, 15) is 13.2 Å². The normalized spacial score (nSPS) is 11.2. The molecule has 0 aliphatic rings. The zero-order valence-electron chi connectivity index (χ0n) is 9.82. The van der Waals surface area contributed by atoms with Crippen LogP contribution < -0.4 is 4.72 Å². The first-order valence-electron chi connectivity index (χ1n) is 5.17. The van der Waals surface area contributed by atoms with Crippen LogP contribution in [0.2, 0.25) is 0 Å². The molecule has 0 bridgehead atoms. The fraction of sp³-hybridized carbons (Fsp3) is 0.0909. The van der Waals surface area contributed by atoms with Crippen LogP contribution in [0.25, 0.3) is 0 Å². The number of aromatic carboxylic acids is 1. The average molecular weight is 282 g/mol. The Hall–Kier alpha value is -2.35. The van der Waals surface area contributed by atoms with Gasteiger partial charge in [-0.05, 0) is 24.6 Å². The van der Waals surface area contributed by atoms with Crippen LogP contribution in [0.3, 0.4) is 0 Å². The van der Waals surface area contributed by atoms with Gasteiger partial charge in [0.1, 0.15) is 12.0 Å². The van der Waals surface area contributed by atoms with Crippen LogP contribution in [-0.4, -0.2) is 24.7 Å². The highest BCUT2D eigenvalue weighted by Crippen LogP contribution is 2.21. The standard InChI is InChI=1S/C11H10N2O5S/c1-7-9(11(14)15)3-2-4-10(7)19(16,17)13-8-5-12-18-6-8/h2-6,13H,1H3,(H,14,15). The van der Waals surface area contributed by atoms with Gasteiger partial charge in [-0.15, -0.1) is 0 Å². The largest absolute Gasteiger partial charge is 0.478 e. The SMILES string of the molecule is Cc1c(C(=O)O)cccc1S(=O)(=O)Nc1cnoc1. The maximum atomic E-state index is 12.1. The van der Waals surface area contributed by atoms with Crippen LogP contribution in [-0.2, 0) is 10.0 Å². The summed E-state index contributed by atoms with van der Waals surface area (Å²) >= 11 is 0. The summed E-state index contributed by atoms with van der Waals surface area (Å²) in [5, 5.41) is 12.3. The Morgan fingerprint density at radius 1 is 1.42 bits per heavy atom. The second-order valence-electron chi connectivity index (χ2n) is 3.75. The van der Waals surface area contributed by atoms with Crippen molar-refractivity contribution in [1.29, 1.82) is 0 Å². The number of carboxylic acid groups (broad SMARTS) is 1. The third-order valence-electron chi connectivity index (χ3n) is 2.49. The molecule has 8 heteroatoms. The van der Waals surface area contributed by atoms with Gasteiger partial charge in [0.15, 0.2) is 0 Å². The molecular weight excluding hydrogens is 272 g/mol. The summed E-state index contributed by atoms with van der Waals surface area (Å²) in [7, 11) is -3.88. The van der Waals surface area contributed by atoms with Gasteiger partial charge in [-0.25, -0.2) is 13.2 Å². The fourth-order valence-corrected chi connectivity index (χ4v) is 2.89. The maximum Gasteiger partial charge on any atom is 0.335 e. The summed E-state index contributed by atoms with van der Waals surface area (Å²) < 4.78 is 31.0. The monoisotopic (exact) mass is 282 g/mol. The van der Waals surface area contributed by atoms with E-state index in [-0.39, 0.29) is 21.7 Å². The van der Waals surface area contributed by atoms with Gasteiger partial charge in [-0.2, -0.15) is 0 Å². The minimum Gasteiger partial charge on any atom is -0.478 e. The molecule has 0 radical (unpaired) electrons. The van der Waals surface area contributed by atoms with E-state index in [0.29, 0.717) is 0 Å². The van der Waals surface area contributed by atoms with E-state index in [1.807, 2.05) is 0 Å². The molecule has 2 aromatic rings. The highest BCUT2D eigenvalue weighted by atomic mass is 32.2. The highest BCUT2D eigenvalue weighted by molar-refractivity contribution is 7.92. The summed E-state index contributed by atoms with van der Waals surface area (Å²) in [4.78, 5) is 10.9. The number of aromatic nitrogens is 1. The van der Waals surface area contributed by atoms with Gasteiger partial charge in [0.25, 0.3) is 10.0 Å². The Morgan fingerprint density at radius 3 is 2.74 bits per heavy atom. The van der Waals surface area contributed by atoms with Crippen LogP contribution >= 0.6 is 0 Å². The molecule has 0 saturated heterocycles. The first-order chi connectivity index (χ1) is 8.92. The van der Waals surface area contributed by atoms with Crippen LogP contribution in [0.5, 0.6) is 0 Å². The number of nitrogens with one attached hydrogen (secondary N) is 1. The molecule has 1 aromatic heterocycles. The summed E-state index contributed by atoms with van der Waals surface area (Å²) in [5.74, 6) is -1.18. The van der Waals surface area contributed by atoms with Crippen LogP contribution in [0, 0.1) is 6.92 Å². The van der Waals surface area contributed by atoms with Crippen molar-refractivity contribution in [1.82, 2.24) is 5.16 Å². The maximum absolute atomic E-state index is 12.1. The molecule has 0 amide bonds. The quantitative estimate of drug-likeness (QED) is 0.879. The van der Waals surface area contributed by atoms with Gasteiger partial charge >= 0.3 is 5.97 Å². The number of carbonyl (C=O) groups is 1. The van der Waals surface area contributed by atoms with E-state index in [2.05, 4.69) is 14.4 Å². The second-order valence-corrected chi connectivity index (χ2v) is 5.40. The number of sulfonamides is 1. The Balaban J connectivity index is 2.47. The van der Waals surface area contributed by atoms with E-state index in [1.54, 1.807) is 0 Å². The Morgan fingerprint density at radius 2 is 2.16 bits per heavy atom. The second kappa shape index (κ2) is 4.73. The molecule has 0 spiro atoms. The number of benzene rings is 1. The lowest BCUT2D eigenvalue weighted by Crippen LogP contribution is -2.15. The molecule has 0 unspecified atom stereocenters. The summed E-state index contributed by atoms with van der Waals surface area (Å²) in [6.45, 7) is 1.44. The fourth-order valence-electron chi connectivity index (χ4n) is 1.60. The van der Waals surface area contributed by atoms with Crippen molar-refractivity contribution in [2.24, 2.45) is 0 Å². The molecule has 0 aliphatic carbocycles. The zero-order valence-corrected chi connectivity index (χ0v) is 10.6. The molecule has 7 nitrogen and oxygen atoms in total. The predicted octanol–water partition coefficient (Wildman–Crippen LogP) is 1.48. The molecule has 0 aliphatic heterocycles. The smallest absolute Gasteiger partial charge is 0.335 e. The predicted molar refractivity (Wildman–Crippen MR) is 65.4 cm³/mol. The molecule has 2 N–H and O–H groups in total. The molecule has 0 atom stereocenters. The van der Waals surface area contributed by atoms with Gasteiger partial charge in [0.05, 0.1) is 16.7 Å². The van der Waals surface area contributed by atoms with Crippen molar-refractivity contribution in [2.75, 3.05) is 4.72 Å². The Kier molecular flexibility index (Phi) is 3.26.